The van der Waals surface area contributed by atoms with Crippen molar-refractivity contribution >= 4 is 10.0 Å². The van der Waals surface area contributed by atoms with Crippen LogP contribution in [-0.4, -0.2) is 43.8 Å². The maximum absolute atomic E-state index is 13.5. The van der Waals surface area contributed by atoms with Gasteiger partial charge in [-0.15, -0.1) is 0 Å². The molecule has 1 aliphatic heterocycles. The molecule has 0 amide bonds. The molecule has 1 unspecified atom stereocenters. The summed E-state index contributed by atoms with van der Waals surface area (Å²) in [7, 11) is -3.57. The molecule has 0 saturated carbocycles. The predicted molar refractivity (Wildman–Crippen MR) is 99.0 cm³/mol. The maximum Gasteiger partial charge on any atom is 0.243 e. The number of hydrogen-bond acceptors (Lipinski definition) is 3. The Labute approximate surface area is 154 Å². The third kappa shape index (κ3) is 3.06. The minimum atomic E-state index is -3.57. The minimum absolute atomic E-state index is 0.177. The fraction of sp³-hybridized carbons (Fsp3) is 0.400. The summed E-state index contributed by atoms with van der Waals surface area (Å²) < 4.78 is 40.7. The van der Waals surface area contributed by atoms with Crippen LogP contribution < -0.4 is 0 Å². The molecule has 0 N–H and O–H groups in total. The summed E-state index contributed by atoms with van der Waals surface area (Å²) in [5, 5.41) is 0. The molecule has 0 aromatic heterocycles. The van der Waals surface area contributed by atoms with Gasteiger partial charge in [-0.2, -0.15) is 4.31 Å². The molecule has 0 radical (unpaired) electrons. The van der Waals surface area contributed by atoms with E-state index in [0.29, 0.717) is 24.7 Å². The van der Waals surface area contributed by atoms with Gasteiger partial charge in [-0.05, 0) is 54.7 Å². The lowest BCUT2D eigenvalue weighted by atomic mass is 10.1. The summed E-state index contributed by atoms with van der Waals surface area (Å²) in [6.07, 6.45) is 2.19. The van der Waals surface area contributed by atoms with Crippen molar-refractivity contribution in [3.8, 4) is 0 Å². The van der Waals surface area contributed by atoms with Crippen LogP contribution in [0.4, 0.5) is 4.39 Å². The van der Waals surface area contributed by atoms with Gasteiger partial charge in [-0.1, -0.05) is 24.3 Å². The number of fused-ring (bicyclic) bond motifs is 1. The number of rotatable bonds is 3. The lowest BCUT2D eigenvalue weighted by molar-refractivity contribution is 0.137. The van der Waals surface area contributed by atoms with Gasteiger partial charge in [-0.25, -0.2) is 12.8 Å². The molecule has 4 rings (SSSR count). The van der Waals surface area contributed by atoms with Crippen molar-refractivity contribution < 1.29 is 12.8 Å². The van der Waals surface area contributed by atoms with E-state index >= 15 is 0 Å². The quantitative estimate of drug-likeness (QED) is 0.829. The van der Waals surface area contributed by atoms with Gasteiger partial charge in [0.2, 0.25) is 10.0 Å². The van der Waals surface area contributed by atoms with E-state index in [9.17, 15) is 12.8 Å². The first-order chi connectivity index (χ1) is 12.5. The second kappa shape index (κ2) is 6.76. The first kappa shape index (κ1) is 17.6. The number of benzene rings is 2. The Morgan fingerprint density at radius 3 is 2.50 bits per heavy atom. The summed E-state index contributed by atoms with van der Waals surface area (Å²) >= 11 is 0. The third-order valence-electron chi connectivity index (χ3n) is 5.58. The first-order valence-electron chi connectivity index (χ1n) is 9.05. The Morgan fingerprint density at radius 1 is 1.04 bits per heavy atom. The molecule has 2 aromatic carbocycles. The number of hydrogen-bond donors (Lipinski definition) is 0. The molecule has 2 aliphatic rings. The zero-order valence-electron chi connectivity index (χ0n) is 14.9. The van der Waals surface area contributed by atoms with Gasteiger partial charge in [-0.3, -0.25) is 4.90 Å². The van der Waals surface area contributed by atoms with Crippen molar-refractivity contribution in [2.24, 2.45) is 0 Å². The molecule has 1 heterocycles. The summed E-state index contributed by atoms with van der Waals surface area (Å²) in [6, 6.07) is 12.9. The maximum atomic E-state index is 13.5. The van der Waals surface area contributed by atoms with Crippen LogP contribution in [0.2, 0.25) is 0 Å². The van der Waals surface area contributed by atoms with Gasteiger partial charge in [0, 0.05) is 32.2 Å². The van der Waals surface area contributed by atoms with Crippen molar-refractivity contribution in [1.82, 2.24) is 9.21 Å². The highest BCUT2D eigenvalue weighted by Crippen LogP contribution is 2.36. The molecule has 6 heteroatoms. The SMILES string of the molecule is Cc1cc(S(=O)(=O)N2CCN(C3CCc4ccccc43)CC2)ccc1F. The number of piperazine rings is 1. The average Bonchev–Trinajstić information content (AvgIpc) is 3.08. The molecule has 1 aliphatic carbocycles. The molecule has 2 aromatic rings. The van der Waals surface area contributed by atoms with Gasteiger partial charge in [0.15, 0.2) is 0 Å². The van der Waals surface area contributed by atoms with E-state index in [4.69, 9.17) is 0 Å². The third-order valence-corrected chi connectivity index (χ3v) is 7.48. The van der Waals surface area contributed by atoms with Crippen molar-refractivity contribution in [3.63, 3.8) is 0 Å². The molecule has 0 spiro atoms. The fourth-order valence-electron chi connectivity index (χ4n) is 4.10. The number of aryl methyl sites for hydroxylation is 2. The molecule has 1 atom stereocenters. The van der Waals surface area contributed by atoms with Gasteiger partial charge in [0.1, 0.15) is 5.82 Å². The zero-order valence-corrected chi connectivity index (χ0v) is 15.7. The first-order valence-corrected chi connectivity index (χ1v) is 10.5. The molecular formula is C20H23FN2O2S. The monoisotopic (exact) mass is 374 g/mol. The van der Waals surface area contributed by atoms with E-state index in [1.807, 2.05) is 0 Å². The van der Waals surface area contributed by atoms with E-state index in [2.05, 4.69) is 29.2 Å². The molecule has 1 saturated heterocycles. The Kier molecular flexibility index (Phi) is 4.59. The Hall–Kier alpha value is -1.76. The highest BCUT2D eigenvalue weighted by atomic mass is 32.2. The van der Waals surface area contributed by atoms with Gasteiger partial charge in [0.05, 0.1) is 4.90 Å². The topological polar surface area (TPSA) is 40.6 Å². The largest absolute Gasteiger partial charge is 0.294 e. The molecule has 0 bridgehead atoms. The van der Waals surface area contributed by atoms with E-state index in [-0.39, 0.29) is 10.7 Å². The minimum Gasteiger partial charge on any atom is -0.294 e. The van der Waals surface area contributed by atoms with Crippen molar-refractivity contribution in [2.45, 2.75) is 30.7 Å². The van der Waals surface area contributed by atoms with E-state index in [1.165, 1.54) is 33.6 Å². The van der Waals surface area contributed by atoms with Crippen LogP contribution in [0.25, 0.3) is 0 Å². The molecule has 138 valence electrons. The van der Waals surface area contributed by atoms with Crippen LogP contribution in [0, 0.1) is 12.7 Å². The van der Waals surface area contributed by atoms with Crippen LogP contribution in [0.3, 0.4) is 0 Å². The second-order valence-corrected chi connectivity index (χ2v) is 9.04. The van der Waals surface area contributed by atoms with Crippen LogP contribution in [-0.2, 0) is 16.4 Å². The molecule has 4 nitrogen and oxygen atoms in total. The molecular weight excluding hydrogens is 351 g/mol. The highest BCUT2D eigenvalue weighted by Gasteiger charge is 2.34. The van der Waals surface area contributed by atoms with Gasteiger partial charge >= 0.3 is 0 Å². The standard InChI is InChI=1S/C20H23FN2O2S/c1-15-14-17(7-8-19(15)21)26(24,25)23-12-10-22(11-13-23)20-9-6-16-4-2-3-5-18(16)20/h2-5,7-8,14,20H,6,9-13H2,1H3. The van der Waals surface area contributed by atoms with Crippen LogP contribution in [0.15, 0.2) is 47.4 Å². The fourth-order valence-corrected chi connectivity index (χ4v) is 5.60. The van der Waals surface area contributed by atoms with Crippen molar-refractivity contribution in [1.29, 1.82) is 0 Å². The average molecular weight is 374 g/mol. The summed E-state index contributed by atoms with van der Waals surface area (Å²) in [6.45, 7) is 3.97. The van der Waals surface area contributed by atoms with Crippen molar-refractivity contribution in [3.05, 3.63) is 65.0 Å². The Bertz CT molecular complexity index is 921. The smallest absolute Gasteiger partial charge is 0.243 e. The zero-order chi connectivity index (χ0) is 18.3. The lowest BCUT2D eigenvalue weighted by Crippen LogP contribution is -2.49. The number of nitrogens with zero attached hydrogens (tertiary/aromatic N) is 2. The van der Waals surface area contributed by atoms with E-state index in [1.54, 1.807) is 6.92 Å². The highest BCUT2D eigenvalue weighted by molar-refractivity contribution is 7.89. The van der Waals surface area contributed by atoms with Gasteiger partial charge < -0.3 is 0 Å². The van der Waals surface area contributed by atoms with E-state index < -0.39 is 10.0 Å². The van der Waals surface area contributed by atoms with Crippen LogP contribution >= 0.6 is 0 Å². The second-order valence-electron chi connectivity index (χ2n) is 7.10. The summed E-state index contributed by atoms with van der Waals surface area (Å²) in [5.41, 5.74) is 3.15. The van der Waals surface area contributed by atoms with Crippen molar-refractivity contribution in [2.75, 3.05) is 26.2 Å². The molecule has 26 heavy (non-hydrogen) atoms. The normalized spacial score (nSPS) is 21.7. The predicted octanol–water partition coefficient (Wildman–Crippen LogP) is 3.13. The summed E-state index contributed by atoms with van der Waals surface area (Å²) in [5.74, 6) is -0.381. The van der Waals surface area contributed by atoms with Gasteiger partial charge in [0.25, 0.3) is 0 Å². The lowest BCUT2D eigenvalue weighted by Gasteiger charge is -2.37. The number of halogens is 1. The van der Waals surface area contributed by atoms with Crippen LogP contribution in [0.5, 0.6) is 0 Å². The van der Waals surface area contributed by atoms with E-state index in [0.717, 1.165) is 25.9 Å². The van der Waals surface area contributed by atoms with Crippen LogP contribution in [0.1, 0.15) is 29.2 Å². The Balaban J connectivity index is 1.47. The summed E-state index contributed by atoms with van der Waals surface area (Å²) in [4.78, 5) is 2.57. The number of sulfonamides is 1. The molecule has 1 fully saturated rings. The Morgan fingerprint density at radius 2 is 1.77 bits per heavy atom.